The van der Waals surface area contributed by atoms with Crippen molar-refractivity contribution in [1.82, 2.24) is 4.90 Å². The van der Waals surface area contributed by atoms with Gasteiger partial charge in [0, 0.05) is 26.6 Å². The van der Waals surface area contributed by atoms with E-state index < -0.39 is 0 Å². The molecule has 0 unspecified atom stereocenters. The van der Waals surface area contributed by atoms with Crippen LogP contribution in [0, 0.1) is 0 Å². The number of halogens is 2. The quantitative estimate of drug-likeness (QED) is 0.245. The van der Waals surface area contributed by atoms with Crippen LogP contribution in [0.1, 0.15) is 17.9 Å². The lowest BCUT2D eigenvalue weighted by Gasteiger charge is -2.19. The number of nitrogens with zero attached hydrogens (tertiary/aromatic N) is 1. The van der Waals surface area contributed by atoms with Crippen molar-refractivity contribution in [2.24, 2.45) is 5.73 Å². The molecule has 0 amide bonds. The van der Waals surface area contributed by atoms with Gasteiger partial charge in [-0.2, -0.15) is 0 Å². The third-order valence-electron chi connectivity index (χ3n) is 5.02. The fourth-order valence-electron chi connectivity index (χ4n) is 3.43. The molecule has 0 atom stereocenters. The molecule has 0 aliphatic rings. The molecule has 2 heterocycles. The zero-order valence-electron chi connectivity index (χ0n) is 17.1. The Balaban J connectivity index is 1.45. The molecule has 4 aromatic rings. The molecule has 0 aliphatic carbocycles. The van der Waals surface area contributed by atoms with Crippen molar-refractivity contribution in [2.75, 3.05) is 13.1 Å². The number of hydrogen-bond donors (Lipinski definition) is 1. The maximum Gasteiger partial charge on any atom is 0.134 e. The Hall–Kier alpha value is -2.12. The highest BCUT2D eigenvalue weighted by Crippen LogP contribution is 2.27. The zero-order valence-corrected chi connectivity index (χ0v) is 20.2. The summed E-state index contributed by atoms with van der Waals surface area (Å²) >= 11 is 6.95. The van der Waals surface area contributed by atoms with Crippen LogP contribution >= 0.6 is 31.9 Å². The summed E-state index contributed by atoms with van der Waals surface area (Å²) in [6.07, 6.45) is 0.917. The summed E-state index contributed by atoms with van der Waals surface area (Å²) in [5.41, 5.74) is 7.89. The summed E-state index contributed by atoms with van der Waals surface area (Å²) in [6, 6.07) is 24.4. The van der Waals surface area contributed by atoms with E-state index in [2.05, 4.69) is 36.8 Å². The van der Waals surface area contributed by atoms with Gasteiger partial charge in [0.25, 0.3) is 0 Å². The van der Waals surface area contributed by atoms with Crippen molar-refractivity contribution in [3.63, 3.8) is 0 Å². The van der Waals surface area contributed by atoms with Crippen LogP contribution in [0.3, 0.4) is 0 Å². The second-order valence-corrected chi connectivity index (χ2v) is 9.23. The largest absolute Gasteiger partial charge is 0.460 e. The van der Waals surface area contributed by atoms with E-state index in [0.29, 0.717) is 19.6 Å². The van der Waals surface area contributed by atoms with E-state index in [1.165, 1.54) is 0 Å². The molecule has 0 aliphatic heterocycles. The van der Waals surface area contributed by atoms with Gasteiger partial charge < -0.3 is 14.6 Å². The smallest absolute Gasteiger partial charge is 0.134 e. The molecule has 4 rings (SSSR count). The highest BCUT2D eigenvalue weighted by molar-refractivity contribution is 9.10. The molecule has 0 saturated heterocycles. The minimum Gasteiger partial charge on any atom is -0.460 e. The minimum absolute atomic E-state index is 0.654. The van der Waals surface area contributed by atoms with Crippen molar-refractivity contribution in [3.8, 4) is 22.6 Å². The summed E-state index contributed by atoms with van der Waals surface area (Å²) < 4.78 is 14.3. The van der Waals surface area contributed by atoms with Gasteiger partial charge in [-0.25, -0.2) is 0 Å². The van der Waals surface area contributed by atoms with Gasteiger partial charge >= 0.3 is 0 Å². The van der Waals surface area contributed by atoms with Crippen molar-refractivity contribution >= 4 is 31.9 Å². The van der Waals surface area contributed by atoms with Gasteiger partial charge in [-0.05, 0) is 61.5 Å². The molecule has 0 fully saturated rings. The van der Waals surface area contributed by atoms with Crippen LogP contribution < -0.4 is 5.73 Å². The van der Waals surface area contributed by atoms with Crippen molar-refractivity contribution in [1.29, 1.82) is 0 Å². The lowest BCUT2D eigenvalue weighted by atomic mass is 10.2. The fraction of sp³-hybridized carbons (Fsp3) is 0.200. The van der Waals surface area contributed by atoms with Gasteiger partial charge in [0.15, 0.2) is 0 Å². The Bertz CT molecular complexity index is 1020. The first kappa shape index (κ1) is 22.1. The van der Waals surface area contributed by atoms with Crippen molar-refractivity contribution in [2.45, 2.75) is 19.5 Å². The third kappa shape index (κ3) is 5.98. The number of benzene rings is 2. The normalized spacial score (nSPS) is 11.4. The molecule has 4 nitrogen and oxygen atoms in total. The molecule has 2 aromatic carbocycles. The molecule has 0 spiro atoms. The lowest BCUT2D eigenvalue weighted by Crippen LogP contribution is -2.25. The predicted octanol–water partition coefficient (Wildman–Crippen LogP) is 7.08. The van der Waals surface area contributed by atoms with Crippen LogP contribution in [-0.4, -0.2) is 18.0 Å². The van der Waals surface area contributed by atoms with E-state index in [0.717, 1.165) is 56.1 Å². The van der Waals surface area contributed by atoms with Gasteiger partial charge in [0.1, 0.15) is 23.0 Å². The molecule has 2 N–H and O–H groups in total. The zero-order chi connectivity index (χ0) is 21.6. The number of furan rings is 2. The Kier molecular flexibility index (Phi) is 7.45. The van der Waals surface area contributed by atoms with E-state index in [-0.39, 0.29) is 0 Å². The van der Waals surface area contributed by atoms with Gasteiger partial charge in [0.05, 0.1) is 13.1 Å². The van der Waals surface area contributed by atoms with Crippen LogP contribution in [0.2, 0.25) is 0 Å². The first-order valence-electron chi connectivity index (χ1n) is 10.2. The van der Waals surface area contributed by atoms with Crippen molar-refractivity contribution < 1.29 is 8.83 Å². The lowest BCUT2D eigenvalue weighted by molar-refractivity contribution is 0.218. The standard InChI is InChI=1S/C25H24Br2N2O2/c26-20-6-2-18(3-7-20)24-12-10-22(30-24)16-29(15-1-14-28)17-23-11-13-25(31-23)19-4-8-21(27)9-5-19/h2-13H,1,14-17,28H2. The van der Waals surface area contributed by atoms with Gasteiger partial charge in [0.2, 0.25) is 0 Å². The molecular formula is C25H24Br2N2O2. The van der Waals surface area contributed by atoms with Crippen LogP contribution in [-0.2, 0) is 13.1 Å². The van der Waals surface area contributed by atoms with Gasteiger partial charge in [-0.15, -0.1) is 0 Å². The monoisotopic (exact) mass is 542 g/mol. The summed E-state index contributed by atoms with van der Waals surface area (Å²) in [5.74, 6) is 3.60. The van der Waals surface area contributed by atoms with Crippen LogP contribution in [0.25, 0.3) is 22.6 Å². The summed E-state index contributed by atoms with van der Waals surface area (Å²) in [6.45, 7) is 2.93. The molecule has 0 radical (unpaired) electrons. The van der Waals surface area contributed by atoms with E-state index in [1.54, 1.807) is 0 Å². The maximum atomic E-state index is 6.12. The van der Waals surface area contributed by atoms with Crippen molar-refractivity contribution in [3.05, 3.63) is 93.3 Å². The van der Waals surface area contributed by atoms with Gasteiger partial charge in [-0.1, -0.05) is 56.1 Å². The van der Waals surface area contributed by atoms with Crippen LogP contribution in [0.5, 0.6) is 0 Å². The number of nitrogens with two attached hydrogens (primary N) is 1. The summed E-state index contributed by atoms with van der Waals surface area (Å²) in [7, 11) is 0. The average Bonchev–Trinajstić information content (AvgIpc) is 3.43. The van der Waals surface area contributed by atoms with Gasteiger partial charge in [-0.3, -0.25) is 4.90 Å². The Morgan fingerprint density at radius 2 is 1.10 bits per heavy atom. The van der Waals surface area contributed by atoms with E-state index in [9.17, 15) is 0 Å². The molecule has 2 aromatic heterocycles. The predicted molar refractivity (Wildman–Crippen MR) is 131 cm³/mol. The fourth-order valence-corrected chi connectivity index (χ4v) is 3.96. The molecule has 0 saturated carbocycles. The molecular weight excluding hydrogens is 520 g/mol. The summed E-state index contributed by atoms with van der Waals surface area (Å²) in [5, 5.41) is 0. The minimum atomic E-state index is 0.654. The topological polar surface area (TPSA) is 55.5 Å². The van der Waals surface area contributed by atoms with Crippen LogP contribution in [0.4, 0.5) is 0 Å². The highest BCUT2D eigenvalue weighted by Gasteiger charge is 2.14. The van der Waals surface area contributed by atoms with E-state index >= 15 is 0 Å². The molecule has 31 heavy (non-hydrogen) atoms. The highest BCUT2D eigenvalue weighted by atomic mass is 79.9. The maximum absolute atomic E-state index is 6.12. The Morgan fingerprint density at radius 1 is 0.645 bits per heavy atom. The molecule has 0 bridgehead atoms. The van der Waals surface area contributed by atoms with Crippen LogP contribution in [0.15, 0.2) is 90.6 Å². The number of hydrogen-bond acceptors (Lipinski definition) is 4. The summed E-state index contributed by atoms with van der Waals surface area (Å²) in [4.78, 5) is 2.31. The first-order valence-corrected chi connectivity index (χ1v) is 11.8. The second-order valence-electron chi connectivity index (χ2n) is 7.40. The SMILES string of the molecule is NCCCN(Cc1ccc(-c2ccc(Br)cc2)o1)Cc1ccc(-c2ccc(Br)cc2)o1. The molecule has 6 heteroatoms. The first-order chi connectivity index (χ1) is 15.1. The Labute approximate surface area is 199 Å². The average molecular weight is 544 g/mol. The molecule has 160 valence electrons. The second kappa shape index (κ2) is 10.5. The van der Waals surface area contributed by atoms with E-state index in [1.807, 2.05) is 72.8 Å². The van der Waals surface area contributed by atoms with E-state index in [4.69, 9.17) is 14.6 Å². The Morgan fingerprint density at radius 3 is 1.52 bits per heavy atom. The third-order valence-corrected chi connectivity index (χ3v) is 6.08. The number of rotatable bonds is 9.